The van der Waals surface area contributed by atoms with Crippen LogP contribution in [-0.4, -0.2) is 0 Å². The summed E-state index contributed by atoms with van der Waals surface area (Å²) < 4.78 is 0. The third kappa shape index (κ3) is 3.28. The second kappa shape index (κ2) is 6.62. The van der Waals surface area contributed by atoms with E-state index in [4.69, 9.17) is 0 Å². The van der Waals surface area contributed by atoms with Gasteiger partial charge in [-0.15, -0.1) is 0 Å². The van der Waals surface area contributed by atoms with Gasteiger partial charge >= 0.3 is 0 Å². The molecular weight excluding hydrogens is 264 g/mol. The highest BCUT2D eigenvalue weighted by Gasteiger charge is 2.09. The molecule has 0 saturated carbocycles. The molecule has 0 nitrogen and oxygen atoms in total. The average molecular weight is 286 g/mol. The van der Waals surface area contributed by atoms with Crippen molar-refractivity contribution in [2.45, 2.75) is 26.2 Å². The van der Waals surface area contributed by atoms with Crippen LogP contribution in [0, 0.1) is 0 Å². The molecule has 2 aliphatic rings. The predicted octanol–water partition coefficient (Wildman–Crippen LogP) is 4.36. The standard InChI is InChI=1S/C22H22/c1-17-12-14-19(15-13-17)21-10-5-3-4-8-18(2)16-20-9-6-7-11-22(20)21/h3-9,11-12,14,16H,2,10,13,15H2,1H3/b5-3-,8-4-,20-16-,22-21+. The second-order valence-electron chi connectivity index (χ2n) is 5.98. The summed E-state index contributed by atoms with van der Waals surface area (Å²) in [5, 5.41) is 2.59. The van der Waals surface area contributed by atoms with Crippen LogP contribution in [0.4, 0.5) is 0 Å². The van der Waals surface area contributed by atoms with E-state index < -0.39 is 0 Å². The van der Waals surface area contributed by atoms with Gasteiger partial charge in [0, 0.05) is 0 Å². The lowest BCUT2D eigenvalue weighted by atomic mass is 9.90. The maximum absolute atomic E-state index is 4.12. The Kier molecular flexibility index (Phi) is 4.39. The van der Waals surface area contributed by atoms with E-state index in [1.165, 1.54) is 27.2 Å². The number of benzene rings is 1. The zero-order chi connectivity index (χ0) is 15.4. The van der Waals surface area contributed by atoms with Gasteiger partial charge in [0.1, 0.15) is 0 Å². The summed E-state index contributed by atoms with van der Waals surface area (Å²) in [6, 6.07) is 8.65. The minimum absolute atomic E-state index is 0.973. The van der Waals surface area contributed by atoms with E-state index in [0.717, 1.165) is 24.8 Å². The first-order chi connectivity index (χ1) is 10.7. The van der Waals surface area contributed by atoms with Crippen molar-refractivity contribution in [3.63, 3.8) is 0 Å². The first kappa shape index (κ1) is 14.6. The van der Waals surface area contributed by atoms with Gasteiger partial charge in [-0.1, -0.05) is 72.9 Å². The van der Waals surface area contributed by atoms with Gasteiger partial charge in [0.2, 0.25) is 0 Å². The Labute approximate surface area is 132 Å². The molecule has 0 unspecified atom stereocenters. The van der Waals surface area contributed by atoms with Gasteiger partial charge < -0.3 is 0 Å². The summed E-state index contributed by atoms with van der Waals surface area (Å²) in [6.45, 7) is 6.33. The van der Waals surface area contributed by atoms with Gasteiger partial charge in [-0.25, -0.2) is 0 Å². The topological polar surface area (TPSA) is 0 Å². The Hall–Kier alpha value is -2.34. The smallest absolute Gasteiger partial charge is 0.00854 e. The maximum Gasteiger partial charge on any atom is -0.00854 e. The van der Waals surface area contributed by atoms with Crippen LogP contribution in [0.5, 0.6) is 0 Å². The molecule has 1 aromatic carbocycles. The molecule has 0 aliphatic heterocycles. The second-order valence-corrected chi connectivity index (χ2v) is 5.98. The van der Waals surface area contributed by atoms with Crippen LogP contribution < -0.4 is 10.4 Å². The summed E-state index contributed by atoms with van der Waals surface area (Å²) in [7, 11) is 0. The lowest BCUT2D eigenvalue weighted by molar-refractivity contribution is 0.924. The summed E-state index contributed by atoms with van der Waals surface area (Å²) in [5.74, 6) is 0. The molecule has 0 bridgehead atoms. The quantitative estimate of drug-likeness (QED) is 0.719. The highest BCUT2D eigenvalue weighted by atomic mass is 14.1. The minimum atomic E-state index is 0.973. The van der Waals surface area contributed by atoms with Gasteiger partial charge in [-0.3, -0.25) is 0 Å². The van der Waals surface area contributed by atoms with Crippen LogP contribution in [0.2, 0.25) is 0 Å². The Morgan fingerprint density at radius 2 is 1.86 bits per heavy atom. The fraction of sp³-hybridized carbons (Fsp3) is 0.182. The van der Waals surface area contributed by atoms with E-state index in [0.29, 0.717) is 0 Å². The monoisotopic (exact) mass is 286 g/mol. The molecule has 0 spiro atoms. The Balaban J connectivity index is 2.27. The first-order valence-electron chi connectivity index (χ1n) is 7.93. The van der Waals surface area contributed by atoms with E-state index >= 15 is 0 Å². The van der Waals surface area contributed by atoms with Crippen molar-refractivity contribution >= 4 is 11.6 Å². The SMILES string of the molecule is C=C1/C=C\C=C/C/C(C2=CC=C(C)CC2)=c2/cccc/c2=C/1. The molecule has 0 saturated heterocycles. The van der Waals surface area contributed by atoms with E-state index in [9.17, 15) is 0 Å². The van der Waals surface area contributed by atoms with Crippen molar-refractivity contribution < 1.29 is 0 Å². The minimum Gasteiger partial charge on any atom is -0.0917 e. The molecule has 0 atom stereocenters. The largest absolute Gasteiger partial charge is 0.0917 e. The maximum atomic E-state index is 4.12. The normalized spacial score (nSPS) is 25.1. The molecule has 22 heavy (non-hydrogen) atoms. The van der Waals surface area contributed by atoms with Crippen LogP contribution in [0.25, 0.3) is 11.6 Å². The third-order valence-electron chi connectivity index (χ3n) is 4.25. The summed E-state index contributed by atoms with van der Waals surface area (Å²) in [6.07, 6.45) is 18.5. The molecule has 110 valence electrons. The number of hydrogen-bond donors (Lipinski definition) is 0. The number of fused-ring (bicyclic) bond motifs is 1. The highest BCUT2D eigenvalue weighted by molar-refractivity contribution is 5.68. The number of rotatable bonds is 1. The molecule has 0 heterocycles. The molecule has 0 radical (unpaired) electrons. The summed E-state index contributed by atoms with van der Waals surface area (Å²) >= 11 is 0. The van der Waals surface area contributed by atoms with Gasteiger partial charge in [0.25, 0.3) is 0 Å². The van der Waals surface area contributed by atoms with Crippen molar-refractivity contribution in [2.75, 3.05) is 0 Å². The van der Waals surface area contributed by atoms with Crippen molar-refractivity contribution in [2.24, 2.45) is 0 Å². The summed E-state index contributed by atoms with van der Waals surface area (Å²) in [4.78, 5) is 0. The lowest BCUT2D eigenvalue weighted by Crippen LogP contribution is -2.27. The van der Waals surface area contributed by atoms with Crippen LogP contribution in [-0.2, 0) is 0 Å². The molecular formula is C22H22. The van der Waals surface area contributed by atoms with Crippen molar-refractivity contribution in [1.82, 2.24) is 0 Å². The Morgan fingerprint density at radius 1 is 1.00 bits per heavy atom. The summed E-state index contributed by atoms with van der Waals surface area (Å²) in [5.41, 5.74) is 5.41. The molecule has 0 fully saturated rings. The van der Waals surface area contributed by atoms with Gasteiger partial charge in [0.15, 0.2) is 0 Å². The first-order valence-corrected chi connectivity index (χ1v) is 7.93. The molecule has 0 amide bonds. The van der Waals surface area contributed by atoms with Gasteiger partial charge in [0.05, 0.1) is 0 Å². The molecule has 3 rings (SSSR count). The van der Waals surface area contributed by atoms with Crippen LogP contribution in [0.1, 0.15) is 26.2 Å². The third-order valence-corrected chi connectivity index (χ3v) is 4.25. The fourth-order valence-electron chi connectivity index (χ4n) is 3.00. The fourth-order valence-corrected chi connectivity index (χ4v) is 3.00. The average Bonchev–Trinajstić information content (AvgIpc) is 2.53. The molecule has 2 aliphatic carbocycles. The van der Waals surface area contributed by atoms with E-state index in [-0.39, 0.29) is 0 Å². The molecule has 0 N–H and O–H groups in total. The lowest BCUT2D eigenvalue weighted by Gasteiger charge is -2.15. The van der Waals surface area contributed by atoms with E-state index in [1.807, 2.05) is 0 Å². The number of allylic oxidation sites excluding steroid dienone is 9. The van der Waals surface area contributed by atoms with Gasteiger partial charge in [-0.2, -0.15) is 0 Å². The Bertz CT molecular complexity index is 823. The molecule has 1 aromatic rings. The van der Waals surface area contributed by atoms with Crippen LogP contribution in [0.15, 0.2) is 84.0 Å². The zero-order valence-electron chi connectivity index (χ0n) is 13.2. The molecule has 0 heteroatoms. The van der Waals surface area contributed by atoms with Crippen LogP contribution >= 0.6 is 0 Å². The highest BCUT2D eigenvalue weighted by Crippen LogP contribution is 2.26. The van der Waals surface area contributed by atoms with Crippen molar-refractivity contribution in [3.05, 3.63) is 94.5 Å². The predicted molar refractivity (Wildman–Crippen MR) is 96.7 cm³/mol. The van der Waals surface area contributed by atoms with Crippen LogP contribution in [0.3, 0.4) is 0 Å². The van der Waals surface area contributed by atoms with Crippen molar-refractivity contribution in [1.29, 1.82) is 0 Å². The zero-order valence-corrected chi connectivity index (χ0v) is 13.2. The molecule has 0 aromatic heterocycles. The number of hydrogen-bond acceptors (Lipinski definition) is 0. The van der Waals surface area contributed by atoms with E-state index in [1.54, 1.807) is 0 Å². The van der Waals surface area contributed by atoms with Gasteiger partial charge in [-0.05, 0) is 59.4 Å². The van der Waals surface area contributed by atoms with Crippen molar-refractivity contribution in [3.8, 4) is 0 Å². The Morgan fingerprint density at radius 3 is 2.68 bits per heavy atom. The van der Waals surface area contributed by atoms with E-state index in [2.05, 4.69) is 80.3 Å².